The highest BCUT2D eigenvalue weighted by atomic mass is 16.6. The SMILES string of the molecule is CC(C)(C)OC(=O)NCCCC1(C(=O)O)CC1. The summed E-state index contributed by atoms with van der Waals surface area (Å²) in [4.78, 5) is 22.2. The van der Waals surface area contributed by atoms with Crippen molar-refractivity contribution >= 4 is 12.1 Å². The molecular formula is C12H21NO4. The van der Waals surface area contributed by atoms with Gasteiger partial charge in [-0.15, -0.1) is 0 Å². The second-order valence-electron chi connectivity index (χ2n) is 5.62. The topological polar surface area (TPSA) is 75.6 Å². The van der Waals surface area contributed by atoms with Crippen LogP contribution < -0.4 is 5.32 Å². The highest BCUT2D eigenvalue weighted by Crippen LogP contribution is 2.49. The molecular weight excluding hydrogens is 222 g/mol. The van der Waals surface area contributed by atoms with Gasteiger partial charge in [-0.05, 0) is 46.5 Å². The smallest absolute Gasteiger partial charge is 0.407 e. The number of hydrogen-bond donors (Lipinski definition) is 2. The molecule has 0 radical (unpaired) electrons. The first-order valence-corrected chi connectivity index (χ1v) is 5.95. The molecule has 2 N–H and O–H groups in total. The van der Waals surface area contributed by atoms with Crippen molar-refractivity contribution < 1.29 is 19.4 Å². The molecule has 0 bridgehead atoms. The molecule has 0 aliphatic heterocycles. The van der Waals surface area contributed by atoms with Crippen LogP contribution in [0.3, 0.4) is 0 Å². The molecule has 1 aliphatic carbocycles. The number of carboxylic acid groups (broad SMARTS) is 1. The average molecular weight is 243 g/mol. The summed E-state index contributed by atoms with van der Waals surface area (Å²) in [5.41, 5.74) is -1.00. The second-order valence-corrected chi connectivity index (χ2v) is 5.62. The molecule has 0 aromatic heterocycles. The molecule has 1 amide bonds. The molecule has 5 nitrogen and oxygen atoms in total. The molecule has 0 aromatic carbocycles. The van der Waals surface area contributed by atoms with Gasteiger partial charge in [-0.25, -0.2) is 4.79 Å². The highest BCUT2D eigenvalue weighted by Gasteiger charge is 2.49. The summed E-state index contributed by atoms with van der Waals surface area (Å²) in [5, 5.41) is 11.6. The molecule has 1 aliphatic rings. The highest BCUT2D eigenvalue weighted by molar-refractivity contribution is 5.77. The molecule has 0 atom stereocenters. The number of rotatable bonds is 5. The molecule has 98 valence electrons. The molecule has 1 fully saturated rings. The summed E-state index contributed by atoms with van der Waals surface area (Å²) in [6.45, 7) is 5.87. The van der Waals surface area contributed by atoms with Crippen LogP contribution in [0.5, 0.6) is 0 Å². The van der Waals surface area contributed by atoms with Gasteiger partial charge < -0.3 is 15.2 Å². The fourth-order valence-electron chi connectivity index (χ4n) is 1.65. The Balaban J connectivity index is 2.13. The molecule has 17 heavy (non-hydrogen) atoms. The lowest BCUT2D eigenvalue weighted by molar-refractivity contribution is -0.143. The van der Waals surface area contributed by atoms with Gasteiger partial charge in [-0.3, -0.25) is 4.79 Å². The van der Waals surface area contributed by atoms with Gasteiger partial charge >= 0.3 is 12.1 Å². The number of amides is 1. The van der Waals surface area contributed by atoms with E-state index in [1.54, 1.807) is 20.8 Å². The lowest BCUT2D eigenvalue weighted by Gasteiger charge is -2.19. The van der Waals surface area contributed by atoms with Gasteiger partial charge in [0.1, 0.15) is 5.60 Å². The standard InChI is InChI=1S/C12H21NO4/c1-11(2,3)17-10(16)13-8-4-5-12(6-7-12)9(14)15/h4-8H2,1-3H3,(H,13,16)(H,14,15). The van der Waals surface area contributed by atoms with Gasteiger partial charge in [0, 0.05) is 6.54 Å². The minimum Gasteiger partial charge on any atom is -0.481 e. The van der Waals surface area contributed by atoms with Gasteiger partial charge in [0.2, 0.25) is 0 Å². The quantitative estimate of drug-likeness (QED) is 0.725. The Morgan fingerprint density at radius 1 is 1.35 bits per heavy atom. The number of carbonyl (C=O) groups excluding carboxylic acids is 1. The number of carbonyl (C=O) groups is 2. The summed E-state index contributed by atoms with van der Waals surface area (Å²) < 4.78 is 5.07. The molecule has 0 spiro atoms. The molecule has 1 saturated carbocycles. The van der Waals surface area contributed by atoms with E-state index in [0.717, 1.165) is 12.8 Å². The molecule has 0 heterocycles. The van der Waals surface area contributed by atoms with E-state index >= 15 is 0 Å². The van der Waals surface area contributed by atoms with Crippen molar-refractivity contribution in [3.05, 3.63) is 0 Å². The normalized spacial score (nSPS) is 17.4. The zero-order chi connectivity index (χ0) is 13.1. The van der Waals surface area contributed by atoms with Crippen LogP contribution in [-0.4, -0.2) is 29.3 Å². The fraction of sp³-hybridized carbons (Fsp3) is 0.833. The molecule has 5 heteroatoms. The van der Waals surface area contributed by atoms with Gasteiger partial charge in [0.15, 0.2) is 0 Å². The van der Waals surface area contributed by atoms with Crippen LogP contribution in [0.15, 0.2) is 0 Å². The van der Waals surface area contributed by atoms with Gasteiger partial charge in [-0.1, -0.05) is 0 Å². The summed E-state index contributed by atoms with van der Waals surface area (Å²) in [6.07, 6.45) is 2.37. The van der Waals surface area contributed by atoms with E-state index in [1.165, 1.54) is 0 Å². The van der Waals surface area contributed by atoms with Crippen LogP contribution in [0.1, 0.15) is 46.5 Å². The van der Waals surface area contributed by atoms with E-state index in [0.29, 0.717) is 19.4 Å². The minimum atomic E-state index is -0.713. The van der Waals surface area contributed by atoms with E-state index in [-0.39, 0.29) is 0 Å². The Bertz CT molecular complexity index is 302. The predicted molar refractivity (Wildman–Crippen MR) is 62.8 cm³/mol. The first kappa shape index (κ1) is 13.8. The van der Waals surface area contributed by atoms with E-state index in [4.69, 9.17) is 9.84 Å². The lowest BCUT2D eigenvalue weighted by Crippen LogP contribution is -2.33. The number of carboxylic acids is 1. The molecule has 0 aromatic rings. The lowest BCUT2D eigenvalue weighted by atomic mass is 10.0. The third-order valence-corrected chi connectivity index (χ3v) is 2.81. The zero-order valence-electron chi connectivity index (χ0n) is 10.7. The van der Waals surface area contributed by atoms with Crippen LogP contribution in [-0.2, 0) is 9.53 Å². The maximum atomic E-state index is 11.3. The van der Waals surface area contributed by atoms with Gasteiger partial charge in [0.25, 0.3) is 0 Å². The third kappa shape index (κ3) is 4.63. The van der Waals surface area contributed by atoms with E-state index in [2.05, 4.69) is 5.32 Å². The average Bonchev–Trinajstić information content (AvgIpc) is 2.90. The van der Waals surface area contributed by atoms with Crippen molar-refractivity contribution in [3.8, 4) is 0 Å². The fourth-order valence-corrected chi connectivity index (χ4v) is 1.65. The molecule has 1 rings (SSSR count). The van der Waals surface area contributed by atoms with Crippen LogP contribution >= 0.6 is 0 Å². The maximum absolute atomic E-state index is 11.3. The number of nitrogens with one attached hydrogen (secondary N) is 1. The molecule has 0 saturated heterocycles. The first-order chi connectivity index (χ1) is 7.75. The van der Waals surface area contributed by atoms with Gasteiger partial charge in [0.05, 0.1) is 5.41 Å². The van der Waals surface area contributed by atoms with Crippen LogP contribution in [0, 0.1) is 5.41 Å². The van der Waals surface area contributed by atoms with Gasteiger partial charge in [-0.2, -0.15) is 0 Å². The summed E-state index contributed by atoms with van der Waals surface area (Å²) >= 11 is 0. The van der Waals surface area contributed by atoms with Crippen LogP contribution in [0.2, 0.25) is 0 Å². The summed E-state index contributed by atoms with van der Waals surface area (Å²) in [5.74, 6) is -0.713. The summed E-state index contributed by atoms with van der Waals surface area (Å²) in [7, 11) is 0. The predicted octanol–water partition coefficient (Wildman–Crippen LogP) is 2.16. The zero-order valence-corrected chi connectivity index (χ0v) is 10.7. The molecule has 0 unspecified atom stereocenters. The van der Waals surface area contributed by atoms with Crippen molar-refractivity contribution in [2.24, 2.45) is 5.41 Å². The number of ether oxygens (including phenoxy) is 1. The second kappa shape index (κ2) is 4.94. The van der Waals surface area contributed by atoms with E-state index in [1.807, 2.05) is 0 Å². The minimum absolute atomic E-state index is 0.447. The third-order valence-electron chi connectivity index (χ3n) is 2.81. The summed E-state index contributed by atoms with van der Waals surface area (Å²) in [6, 6.07) is 0. The van der Waals surface area contributed by atoms with Crippen molar-refractivity contribution in [2.45, 2.75) is 52.1 Å². The van der Waals surface area contributed by atoms with Crippen molar-refractivity contribution in [2.75, 3.05) is 6.54 Å². The van der Waals surface area contributed by atoms with Crippen LogP contribution in [0.25, 0.3) is 0 Å². The largest absolute Gasteiger partial charge is 0.481 e. The Labute approximate surface area is 102 Å². The van der Waals surface area contributed by atoms with Crippen molar-refractivity contribution in [1.82, 2.24) is 5.32 Å². The number of aliphatic carboxylic acids is 1. The monoisotopic (exact) mass is 243 g/mol. The van der Waals surface area contributed by atoms with Crippen LogP contribution in [0.4, 0.5) is 4.79 Å². The van der Waals surface area contributed by atoms with E-state index in [9.17, 15) is 9.59 Å². The Morgan fingerprint density at radius 2 is 1.94 bits per heavy atom. The van der Waals surface area contributed by atoms with Crippen molar-refractivity contribution in [3.63, 3.8) is 0 Å². The van der Waals surface area contributed by atoms with Crippen molar-refractivity contribution in [1.29, 1.82) is 0 Å². The Kier molecular flexibility index (Phi) is 4.01. The Morgan fingerprint density at radius 3 is 2.35 bits per heavy atom. The Hall–Kier alpha value is -1.26. The maximum Gasteiger partial charge on any atom is 0.407 e. The van der Waals surface area contributed by atoms with E-state index < -0.39 is 23.1 Å². The first-order valence-electron chi connectivity index (χ1n) is 5.95. The number of alkyl carbamates (subject to hydrolysis) is 1. The number of hydrogen-bond acceptors (Lipinski definition) is 3.